The second-order valence-corrected chi connectivity index (χ2v) is 6.90. The molecule has 3 N–H and O–H groups in total. The van der Waals surface area contributed by atoms with Crippen molar-refractivity contribution in [3.05, 3.63) is 39.9 Å². The largest absolute Gasteiger partial charge is 0.369 e. The molecule has 1 saturated carbocycles. The monoisotopic (exact) mass is 391 g/mol. The van der Waals surface area contributed by atoms with Crippen molar-refractivity contribution in [1.82, 2.24) is 20.1 Å². The molecule has 0 radical (unpaired) electrons. The predicted octanol–water partition coefficient (Wildman–Crippen LogP) is 1.67. The summed E-state index contributed by atoms with van der Waals surface area (Å²) in [7, 11) is 0. The van der Waals surface area contributed by atoms with Gasteiger partial charge < -0.3 is 15.8 Å². The van der Waals surface area contributed by atoms with Crippen LogP contribution in [0.1, 0.15) is 46.7 Å². The number of hydrogen-bond acceptors (Lipinski definition) is 5. The van der Waals surface area contributed by atoms with Gasteiger partial charge in [-0.2, -0.15) is 5.10 Å². The number of aromatic nitrogens is 3. The summed E-state index contributed by atoms with van der Waals surface area (Å²) in [4.78, 5) is 16.4. The van der Waals surface area contributed by atoms with Gasteiger partial charge in [-0.3, -0.25) is 9.78 Å². The summed E-state index contributed by atoms with van der Waals surface area (Å²) < 4.78 is 7.98. The summed E-state index contributed by atoms with van der Waals surface area (Å²) in [5, 5.41) is 7.87. The first-order chi connectivity index (χ1) is 11.6. The van der Waals surface area contributed by atoms with Gasteiger partial charge in [0.05, 0.1) is 34.4 Å². The Balaban J connectivity index is 1.68. The highest BCUT2D eigenvalue weighted by molar-refractivity contribution is 9.10. The number of amides is 1. The van der Waals surface area contributed by atoms with Crippen LogP contribution in [0.2, 0.25) is 0 Å². The van der Waals surface area contributed by atoms with Crippen LogP contribution in [0.4, 0.5) is 0 Å². The van der Waals surface area contributed by atoms with Crippen molar-refractivity contribution in [2.45, 2.75) is 24.9 Å². The summed E-state index contributed by atoms with van der Waals surface area (Å²) in [6.07, 6.45) is 3.85. The van der Waals surface area contributed by atoms with Crippen molar-refractivity contribution in [1.29, 1.82) is 0 Å². The topological polar surface area (TPSA) is 95.1 Å². The summed E-state index contributed by atoms with van der Waals surface area (Å²) in [6.45, 7) is 2.29. The van der Waals surface area contributed by atoms with Gasteiger partial charge in [0.2, 0.25) is 0 Å². The van der Waals surface area contributed by atoms with Crippen LogP contribution in [-0.2, 0) is 4.74 Å². The standard InChI is InChI=1S/C16H18BrN5O2/c17-13-14(9-1-2-9)21-22(15(13)16(18)23)10-3-4-11(20-7-10)12-8-19-5-6-24-12/h3-4,7,9,12,19H,1-2,5-6,8H2,(H2,18,23)/t12-/m1/s1. The van der Waals surface area contributed by atoms with E-state index >= 15 is 0 Å². The Hall–Kier alpha value is -1.77. The Morgan fingerprint density at radius 3 is 2.83 bits per heavy atom. The van der Waals surface area contributed by atoms with Gasteiger partial charge in [-0.05, 0) is 40.9 Å². The number of hydrogen-bond donors (Lipinski definition) is 2. The maximum atomic E-state index is 11.9. The average molecular weight is 392 g/mol. The lowest BCUT2D eigenvalue weighted by Gasteiger charge is -2.23. The highest BCUT2D eigenvalue weighted by Crippen LogP contribution is 2.43. The number of morpholine rings is 1. The molecule has 8 heteroatoms. The quantitative estimate of drug-likeness (QED) is 0.826. The molecule has 126 valence electrons. The summed E-state index contributed by atoms with van der Waals surface area (Å²) >= 11 is 3.48. The molecule has 7 nitrogen and oxygen atoms in total. The van der Waals surface area contributed by atoms with Crippen LogP contribution in [0.15, 0.2) is 22.8 Å². The number of nitrogens with one attached hydrogen (secondary N) is 1. The zero-order valence-corrected chi connectivity index (χ0v) is 14.6. The zero-order valence-electron chi connectivity index (χ0n) is 13.0. The van der Waals surface area contributed by atoms with Gasteiger partial charge in [-0.1, -0.05) is 0 Å². The van der Waals surface area contributed by atoms with E-state index in [1.807, 2.05) is 12.1 Å². The van der Waals surface area contributed by atoms with Crippen molar-refractivity contribution in [2.24, 2.45) is 5.73 Å². The first-order valence-electron chi connectivity index (χ1n) is 8.02. The van der Waals surface area contributed by atoms with E-state index in [2.05, 4.69) is 31.3 Å². The highest BCUT2D eigenvalue weighted by Gasteiger charge is 2.32. The van der Waals surface area contributed by atoms with Crippen LogP contribution in [0.3, 0.4) is 0 Å². The highest BCUT2D eigenvalue weighted by atomic mass is 79.9. The van der Waals surface area contributed by atoms with E-state index in [0.717, 1.165) is 37.3 Å². The second kappa shape index (κ2) is 6.27. The van der Waals surface area contributed by atoms with E-state index in [1.54, 1.807) is 10.9 Å². The number of ether oxygens (including phenoxy) is 1. The van der Waals surface area contributed by atoms with E-state index < -0.39 is 5.91 Å². The SMILES string of the molecule is NC(=O)c1c(Br)c(C2CC2)nn1-c1ccc([C@H]2CNCCO2)nc1. The predicted molar refractivity (Wildman–Crippen MR) is 91.1 cm³/mol. The van der Waals surface area contributed by atoms with Crippen LogP contribution in [0.25, 0.3) is 5.69 Å². The summed E-state index contributed by atoms with van der Waals surface area (Å²) in [6, 6.07) is 3.80. The van der Waals surface area contributed by atoms with E-state index in [-0.39, 0.29) is 6.10 Å². The molecule has 2 fully saturated rings. The molecule has 0 aromatic carbocycles. The van der Waals surface area contributed by atoms with Crippen molar-refractivity contribution >= 4 is 21.8 Å². The van der Waals surface area contributed by atoms with E-state index in [1.165, 1.54) is 0 Å². The minimum atomic E-state index is -0.509. The minimum absolute atomic E-state index is 0.0465. The van der Waals surface area contributed by atoms with Crippen LogP contribution in [0.5, 0.6) is 0 Å². The fourth-order valence-electron chi connectivity index (χ4n) is 2.90. The van der Waals surface area contributed by atoms with Gasteiger partial charge in [0.1, 0.15) is 11.8 Å². The Morgan fingerprint density at radius 1 is 1.42 bits per heavy atom. The third-order valence-corrected chi connectivity index (χ3v) is 5.10. The molecule has 3 heterocycles. The average Bonchev–Trinajstić information content (AvgIpc) is 3.38. The van der Waals surface area contributed by atoms with Crippen LogP contribution in [0, 0.1) is 0 Å². The molecule has 0 unspecified atom stereocenters. The number of rotatable bonds is 4. The fourth-order valence-corrected chi connectivity index (χ4v) is 3.67. The Morgan fingerprint density at radius 2 is 2.25 bits per heavy atom. The number of carbonyl (C=O) groups excluding carboxylic acids is 1. The molecule has 2 aromatic heterocycles. The lowest BCUT2D eigenvalue weighted by molar-refractivity contribution is 0.0250. The number of halogens is 1. The molecule has 1 amide bonds. The molecule has 0 bridgehead atoms. The maximum Gasteiger partial charge on any atom is 0.268 e. The Bertz CT molecular complexity index is 764. The van der Waals surface area contributed by atoms with Gasteiger partial charge >= 0.3 is 0 Å². The number of nitrogens with zero attached hydrogens (tertiary/aromatic N) is 3. The van der Waals surface area contributed by atoms with Gasteiger partial charge in [-0.15, -0.1) is 0 Å². The van der Waals surface area contributed by atoms with Crippen LogP contribution in [-0.4, -0.2) is 40.4 Å². The van der Waals surface area contributed by atoms with Crippen molar-refractivity contribution in [2.75, 3.05) is 19.7 Å². The molecule has 0 spiro atoms. The molecule has 24 heavy (non-hydrogen) atoms. The molecule has 4 rings (SSSR count). The Kier molecular flexibility index (Phi) is 4.11. The molecule has 2 aliphatic rings. The zero-order chi connectivity index (χ0) is 16.7. The van der Waals surface area contributed by atoms with E-state index in [0.29, 0.717) is 28.4 Å². The summed E-state index contributed by atoms with van der Waals surface area (Å²) in [5.74, 6) is -0.0992. The summed E-state index contributed by atoms with van der Waals surface area (Å²) in [5.41, 5.74) is 8.39. The van der Waals surface area contributed by atoms with E-state index in [9.17, 15) is 4.79 Å². The third kappa shape index (κ3) is 2.85. The third-order valence-electron chi connectivity index (χ3n) is 4.32. The second-order valence-electron chi connectivity index (χ2n) is 6.10. The van der Waals surface area contributed by atoms with Crippen molar-refractivity contribution < 1.29 is 9.53 Å². The van der Waals surface area contributed by atoms with Gasteiger partial charge in [0, 0.05) is 19.0 Å². The Labute approximate surface area is 147 Å². The lowest BCUT2D eigenvalue weighted by Crippen LogP contribution is -2.33. The van der Waals surface area contributed by atoms with Crippen LogP contribution < -0.4 is 11.1 Å². The number of nitrogens with two attached hydrogens (primary N) is 1. The number of primary amides is 1. The molecule has 2 aromatic rings. The smallest absolute Gasteiger partial charge is 0.268 e. The maximum absolute atomic E-state index is 11.9. The fraction of sp³-hybridized carbons (Fsp3) is 0.438. The van der Waals surface area contributed by atoms with Crippen molar-refractivity contribution in [3.8, 4) is 5.69 Å². The van der Waals surface area contributed by atoms with E-state index in [4.69, 9.17) is 10.5 Å². The molecule has 1 saturated heterocycles. The van der Waals surface area contributed by atoms with Gasteiger partial charge in [-0.25, -0.2) is 4.68 Å². The molecule has 1 aliphatic heterocycles. The normalized spacial score (nSPS) is 21.0. The lowest BCUT2D eigenvalue weighted by atomic mass is 10.2. The first-order valence-corrected chi connectivity index (χ1v) is 8.81. The van der Waals surface area contributed by atoms with Gasteiger partial charge in [0.15, 0.2) is 0 Å². The van der Waals surface area contributed by atoms with Crippen LogP contribution >= 0.6 is 15.9 Å². The minimum Gasteiger partial charge on any atom is -0.369 e. The van der Waals surface area contributed by atoms with Crippen molar-refractivity contribution in [3.63, 3.8) is 0 Å². The molecule has 1 atom stereocenters. The first kappa shape index (κ1) is 15.7. The number of carbonyl (C=O) groups is 1. The van der Waals surface area contributed by atoms with Gasteiger partial charge in [0.25, 0.3) is 5.91 Å². The molecule has 1 aliphatic carbocycles. The molecular formula is C16H18BrN5O2. The molecular weight excluding hydrogens is 374 g/mol. The number of pyridine rings is 1.